The fourth-order valence-corrected chi connectivity index (χ4v) is 1.69. The zero-order chi connectivity index (χ0) is 12.9. The number of nitrogens with two attached hydrogens (primary N) is 1. The first kappa shape index (κ1) is 14.2. The Morgan fingerprint density at radius 2 is 1.82 bits per heavy atom. The molecular formula is C14H24N2O. The number of hydrazine groups is 1. The van der Waals surface area contributed by atoms with Crippen LogP contribution in [-0.2, 0) is 10.2 Å². The quantitative estimate of drug-likeness (QED) is 0.610. The molecule has 3 nitrogen and oxygen atoms in total. The fraction of sp³-hybridized carbons (Fsp3) is 0.571. The molecule has 1 aromatic carbocycles. The largest absolute Gasteiger partial charge is 0.380 e. The standard InChI is InChI=1S/C14H24N2O/c1-5-17-10-13(16-15)11-6-8-12(9-7-11)14(2,3)4/h6-9,13,16H,5,10,15H2,1-4H3. The minimum absolute atomic E-state index is 0.0592. The molecule has 1 rings (SSSR count). The minimum Gasteiger partial charge on any atom is -0.380 e. The second kappa shape index (κ2) is 6.15. The molecule has 3 heteroatoms. The summed E-state index contributed by atoms with van der Waals surface area (Å²) in [6, 6.07) is 8.61. The highest BCUT2D eigenvalue weighted by molar-refractivity contribution is 5.29. The van der Waals surface area contributed by atoms with Crippen LogP contribution in [-0.4, -0.2) is 13.2 Å². The van der Waals surface area contributed by atoms with Gasteiger partial charge in [-0.25, -0.2) is 0 Å². The van der Waals surface area contributed by atoms with Gasteiger partial charge in [0.25, 0.3) is 0 Å². The van der Waals surface area contributed by atoms with Crippen molar-refractivity contribution in [3.05, 3.63) is 35.4 Å². The Balaban J connectivity index is 2.78. The molecule has 0 bridgehead atoms. The highest BCUT2D eigenvalue weighted by Crippen LogP contribution is 2.23. The van der Waals surface area contributed by atoms with Crippen molar-refractivity contribution in [3.63, 3.8) is 0 Å². The van der Waals surface area contributed by atoms with E-state index in [9.17, 15) is 0 Å². The maximum absolute atomic E-state index is 5.54. The number of benzene rings is 1. The first-order chi connectivity index (χ1) is 7.99. The van der Waals surface area contributed by atoms with Crippen LogP contribution in [0.15, 0.2) is 24.3 Å². The Labute approximate surface area is 104 Å². The molecule has 0 aliphatic carbocycles. The van der Waals surface area contributed by atoms with Gasteiger partial charge in [0.05, 0.1) is 12.6 Å². The molecule has 1 atom stereocenters. The van der Waals surface area contributed by atoms with Crippen LogP contribution in [0.3, 0.4) is 0 Å². The molecule has 0 fully saturated rings. The summed E-state index contributed by atoms with van der Waals surface area (Å²) >= 11 is 0. The average Bonchev–Trinajstić information content (AvgIpc) is 2.29. The number of rotatable bonds is 5. The van der Waals surface area contributed by atoms with Gasteiger partial charge in [-0.15, -0.1) is 0 Å². The Hall–Kier alpha value is -0.900. The van der Waals surface area contributed by atoms with Crippen LogP contribution in [0.25, 0.3) is 0 Å². The molecule has 3 N–H and O–H groups in total. The maximum Gasteiger partial charge on any atom is 0.0693 e. The van der Waals surface area contributed by atoms with E-state index in [1.54, 1.807) is 0 Å². The van der Waals surface area contributed by atoms with Crippen molar-refractivity contribution in [2.75, 3.05) is 13.2 Å². The smallest absolute Gasteiger partial charge is 0.0693 e. The second-order valence-corrected chi connectivity index (χ2v) is 5.25. The molecule has 96 valence electrons. The second-order valence-electron chi connectivity index (χ2n) is 5.25. The van der Waals surface area contributed by atoms with E-state index in [1.165, 1.54) is 5.56 Å². The molecule has 0 aromatic heterocycles. The fourth-order valence-electron chi connectivity index (χ4n) is 1.69. The van der Waals surface area contributed by atoms with Gasteiger partial charge in [0.2, 0.25) is 0 Å². The van der Waals surface area contributed by atoms with Gasteiger partial charge in [-0.3, -0.25) is 11.3 Å². The molecule has 0 aliphatic heterocycles. The lowest BCUT2D eigenvalue weighted by molar-refractivity contribution is 0.123. The molecular weight excluding hydrogens is 212 g/mol. The average molecular weight is 236 g/mol. The molecule has 0 radical (unpaired) electrons. The topological polar surface area (TPSA) is 47.3 Å². The summed E-state index contributed by atoms with van der Waals surface area (Å²) in [5.74, 6) is 5.54. The molecule has 0 amide bonds. The molecule has 0 heterocycles. The van der Waals surface area contributed by atoms with Crippen LogP contribution in [0.2, 0.25) is 0 Å². The van der Waals surface area contributed by atoms with Crippen molar-refractivity contribution in [3.8, 4) is 0 Å². The van der Waals surface area contributed by atoms with Gasteiger partial charge in [0.1, 0.15) is 0 Å². The Morgan fingerprint density at radius 1 is 1.24 bits per heavy atom. The Kier molecular flexibility index (Phi) is 5.12. The van der Waals surface area contributed by atoms with E-state index in [2.05, 4.69) is 50.5 Å². The molecule has 0 saturated carbocycles. The summed E-state index contributed by atoms with van der Waals surface area (Å²) in [6.07, 6.45) is 0. The van der Waals surface area contributed by atoms with Crippen LogP contribution in [0.4, 0.5) is 0 Å². The van der Waals surface area contributed by atoms with Crippen molar-refractivity contribution in [1.29, 1.82) is 0 Å². The predicted molar refractivity (Wildman–Crippen MR) is 71.7 cm³/mol. The molecule has 1 aromatic rings. The molecule has 17 heavy (non-hydrogen) atoms. The van der Waals surface area contributed by atoms with Crippen molar-refractivity contribution in [2.24, 2.45) is 5.84 Å². The lowest BCUT2D eigenvalue weighted by atomic mass is 9.86. The first-order valence-electron chi connectivity index (χ1n) is 6.13. The lowest BCUT2D eigenvalue weighted by Crippen LogP contribution is -2.31. The third kappa shape index (κ3) is 4.11. The van der Waals surface area contributed by atoms with E-state index in [-0.39, 0.29) is 11.5 Å². The minimum atomic E-state index is 0.0592. The number of ether oxygens (including phenoxy) is 1. The Bertz CT molecular complexity index is 327. The summed E-state index contributed by atoms with van der Waals surface area (Å²) < 4.78 is 5.40. The monoisotopic (exact) mass is 236 g/mol. The summed E-state index contributed by atoms with van der Waals surface area (Å²) in [7, 11) is 0. The van der Waals surface area contributed by atoms with Crippen LogP contribution in [0.5, 0.6) is 0 Å². The van der Waals surface area contributed by atoms with Gasteiger partial charge >= 0.3 is 0 Å². The highest BCUT2D eigenvalue weighted by atomic mass is 16.5. The van der Waals surface area contributed by atoms with E-state index in [0.717, 1.165) is 5.56 Å². The summed E-state index contributed by atoms with van der Waals surface area (Å²) in [6.45, 7) is 9.92. The van der Waals surface area contributed by atoms with E-state index < -0.39 is 0 Å². The van der Waals surface area contributed by atoms with Gasteiger partial charge < -0.3 is 4.74 Å². The summed E-state index contributed by atoms with van der Waals surface area (Å²) in [4.78, 5) is 0. The van der Waals surface area contributed by atoms with Gasteiger partial charge in [-0.2, -0.15) is 0 Å². The number of nitrogens with one attached hydrogen (secondary N) is 1. The van der Waals surface area contributed by atoms with Gasteiger partial charge in [-0.1, -0.05) is 45.0 Å². The molecule has 1 unspecified atom stereocenters. The van der Waals surface area contributed by atoms with Crippen molar-refractivity contribution in [1.82, 2.24) is 5.43 Å². The first-order valence-corrected chi connectivity index (χ1v) is 6.13. The van der Waals surface area contributed by atoms with Crippen LogP contribution < -0.4 is 11.3 Å². The van der Waals surface area contributed by atoms with E-state index in [4.69, 9.17) is 10.6 Å². The predicted octanol–water partition coefficient (Wildman–Crippen LogP) is 2.53. The molecule has 0 spiro atoms. The van der Waals surface area contributed by atoms with Gasteiger partial charge in [0, 0.05) is 6.61 Å². The van der Waals surface area contributed by atoms with Crippen LogP contribution >= 0.6 is 0 Å². The SMILES string of the molecule is CCOCC(NN)c1ccc(C(C)(C)C)cc1. The van der Waals surface area contributed by atoms with Gasteiger partial charge in [-0.05, 0) is 23.5 Å². The Morgan fingerprint density at radius 3 is 2.24 bits per heavy atom. The summed E-state index contributed by atoms with van der Waals surface area (Å²) in [5.41, 5.74) is 5.46. The zero-order valence-corrected chi connectivity index (χ0v) is 11.3. The molecule has 0 aliphatic rings. The van der Waals surface area contributed by atoms with Gasteiger partial charge in [0.15, 0.2) is 0 Å². The van der Waals surface area contributed by atoms with Crippen molar-refractivity contribution >= 4 is 0 Å². The van der Waals surface area contributed by atoms with Crippen LogP contribution in [0, 0.1) is 0 Å². The van der Waals surface area contributed by atoms with Crippen molar-refractivity contribution in [2.45, 2.75) is 39.2 Å². The normalized spacial score (nSPS) is 13.7. The third-order valence-corrected chi connectivity index (χ3v) is 2.87. The number of hydrogen-bond donors (Lipinski definition) is 2. The van der Waals surface area contributed by atoms with E-state index in [0.29, 0.717) is 13.2 Å². The van der Waals surface area contributed by atoms with Crippen LogP contribution in [0.1, 0.15) is 44.9 Å². The number of hydrogen-bond acceptors (Lipinski definition) is 3. The summed E-state index contributed by atoms with van der Waals surface area (Å²) in [5, 5.41) is 0. The highest BCUT2D eigenvalue weighted by Gasteiger charge is 2.15. The van der Waals surface area contributed by atoms with E-state index in [1.807, 2.05) is 6.92 Å². The third-order valence-electron chi connectivity index (χ3n) is 2.87. The molecule has 0 saturated heterocycles. The van der Waals surface area contributed by atoms with E-state index >= 15 is 0 Å². The lowest BCUT2D eigenvalue weighted by Gasteiger charge is -2.21. The maximum atomic E-state index is 5.54. The zero-order valence-electron chi connectivity index (χ0n) is 11.3. The van der Waals surface area contributed by atoms with Crippen molar-refractivity contribution < 1.29 is 4.74 Å².